The van der Waals surface area contributed by atoms with Gasteiger partial charge in [0.2, 0.25) is 5.82 Å². The lowest BCUT2D eigenvalue weighted by Gasteiger charge is -2.09. The smallest absolute Gasteiger partial charge is 0.200 e. The van der Waals surface area contributed by atoms with Crippen molar-refractivity contribution >= 4 is 15.9 Å². The normalized spacial score (nSPS) is 10.6. The van der Waals surface area contributed by atoms with Gasteiger partial charge in [0.15, 0.2) is 11.6 Å². The molecular formula is C12H16BrF2NO. The summed E-state index contributed by atoms with van der Waals surface area (Å²) in [5.41, 5.74) is 0. The third-order valence-corrected chi connectivity index (χ3v) is 2.66. The van der Waals surface area contributed by atoms with Crippen molar-refractivity contribution in [3.63, 3.8) is 0 Å². The highest BCUT2D eigenvalue weighted by molar-refractivity contribution is 9.10. The van der Waals surface area contributed by atoms with Gasteiger partial charge in [-0.15, -0.1) is 0 Å². The SMILES string of the molecule is CCCCNCCOc1cc(Br)cc(F)c1F. The minimum Gasteiger partial charge on any atom is -0.489 e. The molecule has 17 heavy (non-hydrogen) atoms. The average molecular weight is 308 g/mol. The highest BCUT2D eigenvalue weighted by Crippen LogP contribution is 2.25. The molecule has 0 unspecified atom stereocenters. The number of halogens is 3. The number of unbranched alkanes of at least 4 members (excludes halogenated alkanes) is 1. The van der Waals surface area contributed by atoms with Crippen LogP contribution in [0, 0.1) is 11.6 Å². The van der Waals surface area contributed by atoms with Crippen molar-refractivity contribution in [3.8, 4) is 5.75 Å². The molecule has 5 heteroatoms. The van der Waals surface area contributed by atoms with E-state index < -0.39 is 11.6 Å². The van der Waals surface area contributed by atoms with Crippen LogP contribution in [-0.2, 0) is 0 Å². The highest BCUT2D eigenvalue weighted by atomic mass is 79.9. The van der Waals surface area contributed by atoms with Crippen LogP contribution in [0.1, 0.15) is 19.8 Å². The van der Waals surface area contributed by atoms with Gasteiger partial charge >= 0.3 is 0 Å². The average Bonchev–Trinajstić information content (AvgIpc) is 2.29. The summed E-state index contributed by atoms with van der Waals surface area (Å²) >= 11 is 3.09. The van der Waals surface area contributed by atoms with Crippen molar-refractivity contribution in [1.82, 2.24) is 5.32 Å². The molecule has 0 aliphatic heterocycles. The van der Waals surface area contributed by atoms with E-state index in [9.17, 15) is 8.78 Å². The van der Waals surface area contributed by atoms with Gasteiger partial charge in [-0.25, -0.2) is 4.39 Å². The van der Waals surface area contributed by atoms with Crippen LogP contribution in [0.5, 0.6) is 5.75 Å². The van der Waals surface area contributed by atoms with Crippen molar-refractivity contribution in [2.45, 2.75) is 19.8 Å². The van der Waals surface area contributed by atoms with Crippen LogP contribution in [0.4, 0.5) is 8.78 Å². The van der Waals surface area contributed by atoms with Crippen LogP contribution in [0.3, 0.4) is 0 Å². The maximum Gasteiger partial charge on any atom is 0.200 e. The van der Waals surface area contributed by atoms with E-state index in [1.165, 1.54) is 6.07 Å². The largest absolute Gasteiger partial charge is 0.489 e. The Kier molecular flexibility index (Phi) is 6.44. The highest BCUT2D eigenvalue weighted by Gasteiger charge is 2.10. The summed E-state index contributed by atoms with van der Waals surface area (Å²) in [5.74, 6) is -1.91. The van der Waals surface area contributed by atoms with Crippen molar-refractivity contribution in [2.24, 2.45) is 0 Å². The fraction of sp³-hybridized carbons (Fsp3) is 0.500. The maximum atomic E-state index is 13.3. The summed E-state index contributed by atoms with van der Waals surface area (Å²) < 4.78 is 31.9. The quantitative estimate of drug-likeness (QED) is 0.615. The van der Waals surface area contributed by atoms with Crippen molar-refractivity contribution in [2.75, 3.05) is 19.7 Å². The van der Waals surface area contributed by atoms with Crippen LogP contribution in [0.2, 0.25) is 0 Å². The lowest BCUT2D eigenvalue weighted by molar-refractivity contribution is 0.292. The molecule has 0 aromatic heterocycles. The Morgan fingerprint density at radius 3 is 2.76 bits per heavy atom. The van der Waals surface area contributed by atoms with Gasteiger partial charge < -0.3 is 10.1 Å². The summed E-state index contributed by atoms with van der Waals surface area (Å²) in [6.07, 6.45) is 2.22. The zero-order valence-corrected chi connectivity index (χ0v) is 11.3. The fourth-order valence-corrected chi connectivity index (χ4v) is 1.71. The van der Waals surface area contributed by atoms with Crippen LogP contribution in [0.15, 0.2) is 16.6 Å². The van der Waals surface area contributed by atoms with E-state index in [2.05, 4.69) is 28.2 Å². The predicted octanol–water partition coefficient (Wildman–Crippen LogP) is 3.50. The molecule has 0 saturated heterocycles. The molecule has 1 aromatic rings. The Morgan fingerprint density at radius 1 is 1.29 bits per heavy atom. The van der Waals surface area contributed by atoms with Gasteiger partial charge in [0, 0.05) is 11.0 Å². The molecule has 0 radical (unpaired) electrons. The first-order chi connectivity index (χ1) is 8.15. The van der Waals surface area contributed by atoms with Crippen LogP contribution in [-0.4, -0.2) is 19.7 Å². The first-order valence-corrected chi connectivity index (χ1v) is 6.42. The molecule has 0 spiro atoms. The molecule has 1 rings (SSSR count). The second kappa shape index (κ2) is 7.61. The lowest BCUT2D eigenvalue weighted by atomic mass is 10.3. The Bertz CT molecular complexity index is 361. The topological polar surface area (TPSA) is 21.3 Å². The van der Waals surface area contributed by atoms with E-state index in [4.69, 9.17) is 4.74 Å². The molecule has 0 heterocycles. The Hall–Kier alpha value is -0.680. The van der Waals surface area contributed by atoms with Gasteiger partial charge in [-0.05, 0) is 25.1 Å². The first kappa shape index (κ1) is 14.4. The zero-order chi connectivity index (χ0) is 12.7. The summed E-state index contributed by atoms with van der Waals surface area (Å²) in [5, 5.41) is 3.15. The molecule has 0 fully saturated rings. The van der Waals surface area contributed by atoms with E-state index in [0.717, 1.165) is 25.5 Å². The third-order valence-electron chi connectivity index (χ3n) is 2.20. The molecule has 0 bridgehead atoms. The molecule has 1 N–H and O–H groups in total. The molecule has 0 aliphatic carbocycles. The van der Waals surface area contributed by atoms with Crippen molar-refractivity contribution < 1.29 is 13.5 Å². The van der Waals surface area contributed by atoms with E-state index in [0.29, 0.717) is 17.6 Å². The number of nitrogens with one attached hydrogen (secondary N) is 1. The molecule has 0 atom stereocenters. The minimum absolute atomic E-state index is 0.0610. The minimum atomic E-state index is -0.943. The van der Waals surface area contributed by atoms with E-state index in [1.807, 2.05) is 0 Å². The van der Waals surface area contributed by atoms with Crippen LogP contribution in [0.25, 0.3) is 0 Å². The molecule has 0 amide bonds. The molecule has 2 nitrogen and oxygen atoms in total. The van der Waals surface area contributed by atoms with Crippen LogP contribution < -0.4 is 10.1 Å². The van der Waals surface area contributed by atoms with Gasteiger partial charge in [0.05, 0.1) is 0 Å². The standard InChI is InChI=1S/C12H16BrF2NO/c1-2-3-4-16-5-6-17-11-8-9(13)7-10(14)12(11)15/h7-8,16H,2-6H2,1H3. The zero-order valence-electron chi connectivity index (χ0n) is 9.73. The Morgan fingerprint density at radius 2 is 2.06 bits per heavy atom. The van der Waals surface area contributed by atoms with Crippen molar-refractivity contribution in [1.29, 1.82) is 0 Å². The third kappa shape index (κ3) is 5.00. The maximum absolute atomic E-state index is 13.3. The second-order valence-electron chi connectivity index (χ2n) is 3.65. The first-order valence-electron chi connectivity index (χ1n) is 5.63. The number of ether oxygens (including phenoxy) is 1. The van der Waals surface area contributed by atoms with Gasteiger partial charge in [-0.3, -0.25) is 0 Å². The van der Waals surface area contributed by atoms with Crippen molar-refractivity contribution in [3.05, 3.63) is 28.2 Å². The van der Waals surface area contributed by atoms with Gasteiger partial charge in [0.1, 0.15) is 6.61 Å². The Labute approximate surface area is 108 Å². The second-order valence-corrected chi connectivity index (χ2v) is 4.57. The summed E-state index contributed by atoms with van der Waals surface area (Å²) in [4.78, 5) is 0. The Balaban J connectivity index is 2.36. The summed E-state index contributed by atoms with van der Waals surface area (Å²) in [6.45, 7) is 3.96. The summed E-state index contributed by atoms with van der Waals surface area (Å²) in [6, 6.07) is 2.49. The molecular weight excluding hydrogens is 292 g/mol. The number of rotatable bonds is 7. The molecule has 1 aromatic carbocycles. The molecule has 0 aliphatic rings. The molecule has 96 valence electrons. The van der Waals surface area contributed by atoms with Crippen LogP contribution >= 0.6 is 15.9 Å². The molecule has 0 saturated carbocycles. The van der Waals surface area contributed by atoms with Gasteiger partial charge in [0.25, 0.3) is 0 Å². The van der Waals surface area contributed by atoms with Gasteiger partial charge in [-0.2, -0.15) is 4.39 Å². The number of hydrogen-bond donors (Lipinski definition) is 1. The van der Waals surface area contributed by atoms with E-state index in [1.54, 1.807) is 0 Å². The number of hydrogen-bond acceptors (Lipinski definition) is 2. The fourth-order valence-electron chi connectivity index (χ4n) is 1.30. The van der Waals surface area contributed by atoms with E-state index >= 15 is 0 Å². The monoisotopic (exact) mass is 307 g/mol. The lowest BCUT2D eigenvalue weighted by Crippen LogP contribution is -2.22. The van der Waals surface area contributed by atoms with Gasteiger partial charge in [-0.1, -0.05) is 29.3 Å². The van der Waals surface area contributed by atoms with E-state index in [-0.39, 0.29) is 5.75 Å². The predicted molar refractivity (Wildman–Crippen MR) is 67.3 cm³/mol. The summed E-state index contributed by atoms with van der Waals surface area (Å²) in [7, 11) is 0. The number of benzene rings is 1.